The SMILES string of the molecule is O=C(Nc1cc(Cl)cc(Cl)c1)c1cnc(NCc2ccccc2)nc1. The van der Waals surface area contributed by atoms with Crippen LogP contribution in [0.4, 0.5) is 11.6 Å². The molecule has 7 heteroatoms. The molecule has 5 nitrogen and oxygen atoms in total. The Labute approximate surface area is 155 Å². The molecule has 0 aliphatic rings. The van der Waals surface area contributed by atoms with Crippen LogP contribution in [0.15, 0.2) is 60.9 Å². The van der Waals surface area contributed by atoms with E-state index in [1.807, 2.05) is 30.3 Å². The molecule has 0 unspecified atom stereocenters. The maximum Gasteiger partial charge on any atom is 0.258 e. The summed E-state index contributed by atoms with van der Waals surface area (Å²) in [6, 6.07) is 14.7. The van der Waals surface area contributed by atoms with Crippen LogP contribution in [0, 0.1) is 0 Å². The largest absolute Gasteiger partial charge is 0.350 e. The zero-order valence-corrected chi connectivity index (χ0v) is 14.6. The van der Waals surface area contributed by atoms with Gasteiger partial charge in [0.05, 0.1) is 5.56 Å². The van der Waals surface area contributed by atoms with Gasteiger partial charge in [0.15, 0.2) is 0 Å². The minimum Gasteiger partial charge on any atom is -0.350 e. The molecule has 1 aromatic heterocycles. The number of anilines is 2. The molecule has 25 heavy (non-hydrogen) atoms. The van der Waals surface area contributed by atoms with Crippen LogP contribution in [0.1, 0.15) is 15.9 Å². The first-order valence-electron chi connectivity index (χ1n) is 7.47. The van der Waals surface area contributed by atoms with E-state index >= 15 is 0 Å². The number of carbonyl (C=O) groups is 1. The molecule has 2 N–H and O–H groups in total. The highest BCUT2D eigenvalue weighted by molar-refractivity contribution is 6.35. The van der Waals surface area contributed by atoms with Crippen molar-refractivity contribution in [2.75, 3.05) is 10.6 Å². The van der Waals surface area contributed by atoms with E-state index in [1.54, 1.807) is 18.2 Å². The lowest BCUT2D eigenvalue weighted by Gasteiger charge is -2.07. The van der Waals surface area contributed by atoms with Gasteiger partial charge in [-0.3, -0.25) is 4.79 Å². The first kappa shape index (κ1) is 17.2. The molecule has 0 atom stereocenters. The first-order valence-corrected chi connectivity index (χ1v) is 8.23. The summed E-state index contributed by atoms with van der Waals surface area (Å²) in [5.74, 6) is 0.110. The van der Waals surface area contributed by atoms with Gasteiger partial charge in [-0.25, -0.2) is 9.97 Å². The lowest BCUT2D eigenvalue weighted by molar-refractivity contribution is 0.102. The second-order valence-corrected chi connectivity index (χ2v) is 6.12. The van der Waals surface area contributed by atoms with E-state index in [9.17, 15) is 4.79 Å². The monoisotopic (exact) mass is 372 g/mol. The molecule has 126 valence electrons. The lowest BCUT2D eigenvalue weighted by atomic mass is 10.2. The molecule has 0 spiro atoms. The summed E-state index contributed by atoms with van der Waals surface area (Å²) in [6.07, 6.45) is 2.92. The number of benzene rings is 2. The Morgan fingerprint density at radius 1 is 0.960 bits per heavy atom. The molecule has 0 bridgehead atoms. The van der Waals surface area contributed by atoms with E-state index in [1.165, 1.54) is 12.4 Å². The zero-order valence-electron chi connectivity index (χ0n) is 13.0. The van der Waals surface area contributed by atoms with Crippen molar-refractivity contribution >= 4 is 40.7 Å². The van der Waals surface area contributed by atoms with Crippen LogP contribution in [0.5, 0.6) is 0 Å². The predicted octanol–water partition coefficient (Wildman–Crippen LogP) is 4.65. The van der Waals surface area contributed by atoms with Crippen LogP contribution in [-0.4, -0.2) is 15.9 Å². The highest BCUT2D eigenvalue weighted by atomic mass is 35.5. The second kappa shape index (κ2) is 7.96. The summed E-state index contributed by atoms with van der Waals surface area (Å²) in [5, 5.41) is 6.70. The van der Waals surface area contributed by atoms with Crippen LogP contribution in [0.25, 0.3) is 0 Å². The van der Waals surface area contributed by atoms with Gasteiger partial charge >= 0.3 is 0 Å². The number of hydrogen-bond acceptors (Lipinski definition) is 4. The van der Waals surface area contributed by atoms with E-state index in [4.69, 9.17) is 23.2 Å². The van der Waals surface area contributed by atoms with Crippen LogP contribution in [-0.2, 0) is 6.54 Å². The Kier molecular flexibility index (Phi) is 5.48. The molecular weight excluding hydrogens is 359 g/mol. The highest BCUT2D eigenvalue weighted by Crippen LogP contribution is 2.22. The molecule has 0 aliphatic heterocycles. The van der Waals surface area contributed by atoms with Gasteiger partial charge in [0.25, 0.3) is 5.91 Å². The Morgan fingerprint density at radius 3 is 2.24 bits per heavy atom. The van der Waals surface area contributed by atoms with Crippen molar-refractivity contribution in [3.8, 4) is 0 Å². The van der Waals surface area contributed by atoms with Crippen molar-refractivity contribution in [3.05, 3.63) is 82.1 Å². The minimum atomic E-state index is -0.340. The number of rotatable bonds is 5. The zero-order chi connectivity index (χ0) is 17.6. The van der Waals surface area contributed by atoms with Crippen molar-refractivity contribution < 1.29 is 4.79 Å². The number of aromatic nitrogens is 2. The van der Waals surface area contributed by atoms with Gasteiger partial charge in [0.1, 0.15) is 0 Å². The van der Waals surface area contributed by atoms with E-state index < -0.39 is 0 Å². The molecule has 2 aromatic carbocycles. The van der Waals surface area contributed by atoms with Crippen LogP contribution < -0.4 is 10.6 Å². The fourth-order valence-electron chi connectivity index (χ4n) is 2.14. The third-order valence-corrected chi connectivity index (χ3v) is 3.76. The molecule has 0 radical (unpaired) electrons. The smallest absolute Gasteiger partial charge is 0.258 e. The van der Waals surface area contributed by atoms with Gasteiger partial charge in [0, 0.05) is 34.7 Å². The van der Waals surface area contributed by atoms with E-state index in [2.05, 4.69) is 20.6 Å². The Balaban J connectivity index is 1.62. The maximum atomic E-state index is 12.2. The van der Waals surface area contributed by atoms with Gasteiger partial charge in [-0.2, -0.15) is 0 Å². The third-order valence-electron chi connectivity index (χ3n) is 3.33. The lowest BCUT2D eigenvalue weighted by Crippen LogP contribution is -2.13. The number of nitrogens with zero attached hydrogens (tertiary/aromatic N) is 2. The average Bonchev–Trinajstić information content (AvgIpc) is 2.60. The van der Waals surface area contributed by atoms with E-state index in [-0.39, 0.29) is 5.91 Å². The van der Waals surface area contributed by atoms with Crippen LogP contribution >= 0.6 is 23.2 Å². The number of nitrogens with one attached hydrogen (secondary N) is 2. The number of hydrogen-bond donors (Lipinski definition) is 2. The van der Waals surface area contributed by atoms with Crippen molar-refractivity contribution in [2.24, 2.45) is 0 Å². The summed E-state index contributed by atoms with van der Waals surface area (Å²) in [4.78, 5) is 20.5. The Bertz CT molecular complexity index is 850. The molecule has 0 saturated carbocycles. The summed E-state index contributed by atoms with van der Waals surface area (Å²) in [5.41, 5.74) is 1.96. The minimum absolute atomic E-state index is 0.335. The fourth-order valence-corrected chi connectivity index (χ4v) is 2.67. The van der Waals surface area contributed by atoms with E-state index in [0.29, 0.717) is 33.8 Å². The summed E-state index contributed by atoms with van der Waals surface area (Å²) >= 11 is 11.8. The molecule has 0 fully saturated rings. The molecule has 0 saturated heterocycles. The van der Waals surface area contributed by atoms with Gasteiger partial charge in [-0.05, 0) is 23.8 Å². The molecule has 3 rings (SSSR count). The molecule has 1 amide bonds. The van der Waals surface area contributed by atoms with Crippen molar-refractivity contribution in [2.45, 2.75) is 6.54 Å². The normalized spacial score (nSPS) is 10.3. The topological polar surface area (TPSA) is 66.9 Å². The summed E-state index contributed by atoms with van der Waals surface area (Å²) in [6.45, 7) is 0.605. The fraction of sp³-hybridized carbons (Fsp3) is 0.0556. The molecule has 1 heterocycles. The van der Waals surface area contributed by atoms with Gasteiger partial charge in [-0.1, -0.05) is 53.5 Å². The molecule has 0 aliphatic carbocycles. The second-order valence-electron chi connectivity index (χ2n) is 5.25. The molecular formula is C18H14Cl2N4O. The summed E-state index contributed by atoms with van der Waals surface area (Å²) < 4.78 is 0. The number of carbonyl (C=O) groups excluding carboxylic acids is 1. The Morgan fingerprint density at radius 2 is 1.60 bits per heavy atom. The van der Waals surface area contributed by atoms with Crippen molar-refractivity contribution in [1.82, 2.24) is 9.97 Å². The first-order chi connectivity index (χ1) is 12.1. The highest BCUT2D eigenvalue weighted by Gasteiger charge is 2.09. The number of halogens is 2. The summed E-state index contributed by atoms with van der Waals surface area (Å²) in [7, 11) is 0. The quantitative estimate of drug-likeness (QED) is 0.683. The maximum absolute atomic E-state index is 12.2. The number of amides is 1. The van der Waals surface area contributed by atoms with Crippen molar-refractivity contribution in [3.63, 3.8) is 0 Å². The van der Waals surface area contributed by atoms with Crippen molar-refractivity contribution in [1.29, 1.82) is 0 Å². The Hall–Kier alpha value is -2.63. The van der Waals surface area contributed by atoms with E-state index in [0.717, 1.165) is 5.56 Å². The third kappa shape index (κ3) is 4.92. The van der Waals surface area contributed by atoms with Gasteiger partial charge in [0.2, 0.25) is 5.95 Å². The van der Waals surface area contributed by atoms with Crippen LogP contribution in [0.2, 0.25) is 10.0 Å². The van der Waals surface area contributed by atoms with Crippen LogP contribution in [0.3, 0.4) is 0 Å². The average molecular weight is 373 g/mol. The molecule has 3 aromatic rings. The van der Waals surface area contributed by atoms with Gasteiger partial charge < -0.3 is 10.6 Å². The predicted molar refractivity (Wildman–Crippen MR) is 100 cm³/mol. The van der Waals surface area contributed by atoms with Gasteiger partial charge in [-0.15, -0.1) is 0 Å². The standard InChI is InChI=1S/C18H14Cl2N4O/c19-14-6-15(20)8-16(7-14)24-17(25)13-10-22-18(23-11-13)21-9-12-4-2-1-3-5-12/h1-8,10-11H,9H2,(H,24,25)(H,21,22,23).